The second-order valence-corrected chi connectivity index (χ2v) is 3.83. The number of β-lactam (4-membered cyclic amide) rings is 1. The zero-order chi connectivity index (χ0) is 8.01. The van der Waals surface area contributed by atoms with Gasteiger partial charge in [-0.25, -0.2) is 0 Å². The summed E-state index contributed by atoms with van der Waals surface area (Å²) in [6.45, 7) is 0. The monoisotopic (exact) mass is 187 g/mol. The van der Waals surface area contributed by atoms with Crippen LogP contribution in [0.5, 0.6) is 0 Å². The van der Waals surface area contributed by atoms with Crippen LogP contribution in [0.15, 0.2) is 11.1 Å². The maximum absolute atomic E-state index is 10.9. The van der Waals surface area contributed by atoms with E-state index < -0.39 is 0 Å². The Kier molecular flexibility index (Phi) is 1.50. The first-order valence-electron chi connectivity index (χ1n) is 3.11. The highest BCUT2D eigenvalue weighted by molar-refractivity contribution is 8.03. The highest BCUT2D eigenvalue weighted by Crippen LogP contribution is 2.41. The Labute approximate surface area is 73.2 Å². The second-order valence-electron chi connectivity index (χ2n) is 2.37. The molecule has 11 heavy (non-hydrogen) atoms. The number of nitrogens with zero attached hydrogens (tertiary/aromatic N) is 1. The van der Waals surface area contributed by atoms with Crippen molar-refractivity contribution in [1.82, 2.24) is 4.90 Å². The molecule has 0 N–H and O–H groups in total. The quantitative estimate of drug-likeness (QED) is 0.482. The van der Waals surface area contributed by atoms with Gasteiger partial charge in [-0.05, 0) is 0 Å². The van der Waals surface area contributed by atoms with E-state index in [4.69, 9.17) is 0 Å². The minimum absolute atomic E-state index is 0.0219. The Morgan fingerprint density at radius 2 is 2.55 bits per heavy atom. The van der Waals surface area contributed by atoms with E-state index in [0.717, 1.165) is 0 Å². The molecule has 1 fully saturated rings. The Hall–Kier alpha value is -0.420. The Balaban J connectivity index is 2.24. The van der Waals surface area contributed by atoms with Crippen LogP contribution in [0.3, 0.4) is 0 Å². The summed E-state index contributed by atoms with van der Waals surface area (Å²) in [5.74, 6) is 0.0219. The van der Waals surface area contributed by atoms with Crippen molar-refractivity contribution < 1.29 is 9.59 Å². The summed E-state index contributed by atoms with van der Waals surface area (Å²) in [5.41, 5.74) is 0.430. The number of carbonyl (C=O) groups is 2. The van der Waals surface area contributed by atoms with Gasteiger partial charge in [-0.1, -0.05) is 12.6 Å². The van der Waals surface area contributed by atoms with Crippen LogP contribution in [0, 0.1) is 0 Å². The predicted octanol–water partition coefficient (Wildman–Crippen LogP) is 0.589. The standard InChI is InChI=1S/C6H5NO2S2/c8-4-1-5-7(4)3(2-11-5)6(9)10/h2,5H,1H2,(H,9,10)/t5-/m1/s1. The largest absolute Gasteiger partial charge is 0.294 e. The topological polar surface area (TPSA) is 37.4 Å². The van der Waals surface area contributed by atoms with Crippen LogP contribution >= 0.6 is 24.4 Å². The van der Waals surface area contributed by atoms with Crippen molar-refractivity contribution in [1.29, 1.82) is 0 Å². The third-order valence-corrected chi connectivity index (χ3v) is 3.00. The second kappa shape index (κ2) is 2.28. The third-order valence-electron chi connectivity index (χ3n) is 1.72. The summed E-state index contributed by atoms with van der Waals surface area (Å²) in [5, 5.41) is 1.55. The van der Waals surface area contributed by atoms with Crippen molar-refractivity contribution in [3.05, 3.63) is 11.1 Å². The molecule has 0 radical (unpaired) electrons. The highest BCUT2D eigenvalue weighted by Gasteiger charge is 2.43. The van der Waals surface area contributed by atoms with Gasteiger partial charge in [-0.15, -0.1) is 11.8 Å². The van der Waals surface area contributed by atoms with Crippen LogP contribution in [-0.4, -0.2) is 21.3 Å². The number of thioether (sulfide) groups is 1. The zero-order valence-corrected chi connectivity index (χ0v) is 7.19. The molecular weight excluding hydrogens is 182 g/mol. The van der Waals surface area contributed by atoms with Gasteiger partial charge >= 0.3 is 0 Å². The molecule has 0 aliphatic carbocycles. The van der Waals surface area contributed by atoms with Crippen molar-refractivity contribution in [2.45, 2.75) is 11.8 Å². The van der Waals surface area contributed by atoms with Gasteiger partial charge in [0.15, 0.2) is 0 Å². The number of carbonyl (C=O) groups excluding carboxylic acids is 2. The van der Waals surface area contributed by atoms with Crippen LogP contribution in [0.1, 0.15) is 6.42 Å². The van der Waals surface area contributed by atoms with E-state index in [1.807, 2.05) is 0 Å². The van der Waals surface area contributed by atoms with Crippen LogP contribution in [0.4, 0.5) is 0 Å². The summed E-state index contributed by atoms with van der Waals surface area (Å²) in [6, 6.07) is 0. The van der Waals surface area contributed by atoms with E-state index >= 15 is 0 Å². The van der Waals surface area contributed by atoms with Crippen molar-refractivity contribution in [3.63, 3.8) is 0 Å². The first-order chi connectivity index (χ1) is 5.20. The Morgan fingerprint density at radius 1 is 1.82 bits per heavy atom. The smallest absolute Gasteiger partial charge is 0.233 e. The fraction of sp³-hybridized carbons (Fsp3) is 0.333. The number of amides is 1. The fourth-order valence-electron chi connectivity index (χ4n) is 1.14. The molecule has 0 aromatic heterocycles. The molecule has 5 heteroatoms. The SMILES string of the molecule is O=C(S)C1=CS[C@@H]2CC(=O)N12. The summed E-state index contributed by atoms with van der Waals surface area (Å²) < 4.78 is 0. The van der Waals surface area contributed by atoms with E-state index in [1.165, 1.54) is 16.7 Å². The predicted molar refractivity (Wildman–Crippen MR) is 44.9 cm³/mol. The average molecular weight is 187 g/mol. The molecule has 1 saturated heterocycles. The van der Waals surface area contributed by atoms with Gasteiger partial charge < -0.3 is 0 Å². The molecule has 2 aliphatic heterocycles. The average Bonchev–Trinajstić information content (AvgIpc) is 2.25. The Bertz CT molecular complexity index is 274. The molecule has 1 amide bonds. The number of rotatable bonds is 1. The molecule has 0 unspecified atom stereocenters. The van der Waals surface area contributed by atoms with Crippen molar-refractivity contribution in [3.8, 4) is 0 Å². The van der Waals surface area contributed by atoms with E-state index in [1.54, 1.807) is 5.41 Å². The number of hydrogen-bond donors (Lipinski definition) is 1. The maximum Gasteiger partial charge on any atom is 0.233 e. The van der Waals surface area contributed by atoms with Gasteiger partial charge in [-0.3, -0.25) is 14.5 Å². The lowest BCUT2D eigenvalue weighted by Crippen LogP contribution is -2.47. The zero-order valence-electron chi connectivity index (χ0n) is 5.48. The first-order valence-corrected chi connectivity index (χ1v) is 4.50. The summed E-state index contributed by atoms with van der Waals surface area (Å²) in [4.78, 5) is 23.2. The molecule has 3 nitrogen and oxygen atoms in total. The highest BCUT2D eigenvalue weighted by atomic mass is 32.2. The van der Waals surface area contributed by atoms with Gasteiger partial charge in [0, 0.05) is 5.41 Å². The molecular formula is C6H5NO2S2. The molecule has 0 saturated carbocycles. The van der Waals surface area contributed by atoms with Crippen LogP contribution in [-0.2, 0) is 9.59 Å². The minimum Gasteiger partial charge on any atom is -0.294 e. The van der Waals surface area contributed by atoms with E-state index in [2.05, 4.69) is 12.6 Å². The van der Waals surface area contributed by atoms with Crippen molar-refractivity contribution >= 4 is 35.4 Å². The molecule has 0 aromatic carbocycles. The van der Waals surface area contributed by atoms with Crippen molar-refractivity contribution in [2.75, 3.05) is 0 Å². The lowest BCUT2D eigenvalue weighted by atomic mass is 10.2. The van der Waals surface area contributed by atoms with E-state index in [0.29, 0.717) is 12.1 Å². The van der Waals surface area contributed by atoms with Gasteiger partial charge in [0.2, 0.25) is 11.0 Å². The van der Waals surface area contributed by atoms with Crippen LogP contribution in [0.25, 0.3) is 0 Å². The fourth-order valence-corrected chi connectivity index (χ4v) is 2.50. The summed E-state index contributed by atoms with van der Waals surface area (Å²) >= 11 is 5.16. The first kappa shape index (κ1) is 7.24. The van der Waals surface area contributed by atoms with Gasteiger partial charge in [-0.2, -0.15) is 0 Å². The molecule has 1 atom stereocenters. The summed E-state index contributed by atoms with van der Waals surface area (Å²) in [7, 11) is 0. The van der Waals surface area contributed by atoms with Crippen LogP contribution < -0.4 is 0 Å². The lowest BCUT2D eigenvalue weighted by Gasteiger charge is -2.34. The molecule has 0 aromatic rings. The number of thiol groups is 1. The minimum atomic E-state index is -0.326. The number of hydrogen-bond acceptors (Lipinski definition) is 3. The molecule has 2 heterocycles. The van der Waals surface area contributed by atoms with Crippen molar-refractivity contribution in [2.24, 2.45) is 0 Å². The maximum atomic E-state index is 10.9. The third kappa shape index (κ3) is 0.911. The normalized spacial score (nSPS) is 27.7. The van der Waals surface area contributed by atoms with E-state index in [-0.39, 0.29) is 16.4 Å². The molecule has 58 valence electrons. The lowest BCUT2D eigenvalue weighted by molar-refractivity contribution is -0.139. The number of fused-ring (bicyclic) bond motifs is 1. The van der Waals surface area contributed by atoms with Gasteiger partial charge in [0.25, 0.3) is 0 Å². The summed E-state index contributed by atoms with van der Waals surface area (Å²) in [6.07, 6.45) is 0.547. The van der Waals surface area contributed by atoms with Gasteiger partial charge in [0.1, 0.15) is 5.70 Å². The molecule has 0 bridgehead atoms. The van der Waals surface area contributed by atoms with Gasteiger partial charge in [0.05, 0.1) is 11.8 Å². The Morgan fingerprint density at radius 3 is 3.00 bits per heavy atom. The molecule has 2 rings (SSSR count). The molecule has 2 aliphatic rings. The van der Waals surface area contributed by atoms with E-state index in [9.17, 15) is 9.59 Å². The van der Waals surface area contributed by atoms with Crippen LogP contribution in [0.2, 0.25) is 0 Å². The molecule has 0 spiro atoms.